The molecule has 0 aromatic heterocycles. The normalized spacial score (nSPS) is 15.2. The fourth-order valence-corrected chi connectivity index (χ4v) is 1.13. The van der Waals surface area contributed by atoms with Gasteiger partial charge in [-0.1, -0.05) is 35.5 Å². The van der Waals surface area contributed by atoms with Crippen molar-refractivity contribution in [2.24, 2.45) is 10.1 Å². The lowest BCUT2D eigenvalue weighted by Gasteiger charge is -2.10. The minimum absolute atomic E-state index is 0.298. The number of ether oxygens (including phenoxy) is 1. The highest BCUT2D eigenvalue weighted by Gasteiger charge is 2.11. The highest BCUT2D eigenvalue weighted by molar-refractivity contribution is 6.06. The van der Waals surface area contributed by atoms with Crippen LogP contribution in [-0.2, 0) is 9.57 Å². The molecule has 0 atom stereocenters. The molecule has 72 valence electrons. The smallest absolute Gasteiger partial charge is 0.231 e. The lowest BCUT2D eigenvalue weighted by Crippen LogP contribution is -2.17. The Morgan fingerprint density at radius 2 is 2.07 bits per heavy atom. The van der Waals surface area contributed by atoms with Gasteiger partial charge in [0.15, 0.2) is 6.61 Å². The van der Waals surface area contributed by atoms with E-state index in [4.69, 9.17) is 9.57 Å². The van der Waals surface area contributed by atoms with Crippen LogP contribution in [0.15, 0.2) is 40.5 Å². The Labute approximate surface area is 81.9 Å². The molecule has 14 heavy (non-hydrogen) atoms. The molecule has 0 aliphatic carbocycles. The van der Waals surface area contributed by atoms with Gasteiger partial charge in [-0.2, -0.15) is 4.99 Å². The molecule has 0 radical (unpaired) electrons. The summed E-state index contributed by atoms with van der Waals surface area (Å²) in [6.07, 6.45) is 0. The predicted molar refractivity (Wildman–Crippen MR) is 53.4 cm³/mol. The van der Waals surface area contributed by atoms with E-state index in [1.54, 1.807) is 7.11 Å². The van der Waals surface area contributed by atoms with Crippen molar-refractivity contribution >= 4 is 11.7 Å². The van der Waals surface area contributed by atoms with Crippen molar-refractivity contribution < 1.29 is 9.57 Å². The Bertz CT molecular complexity index is 371. The number of methoxy groups -OCH3 is 1. The van der Waals surface area contributed by atoms with Crippen LogP contribution < -0.4 is 0 Å². The lowest BCUT2D eigenvalue weighted by molar-refractivity contribution is 0.161. The first-order valence-electron chi connectivity index (χ1n) is 4.27. The van der Waals surface area contributed by atoms with Gasteiger partial charge in [0, 0.05) is 5.56 Å². The minimum atomic E-state index is 0.298. The maximum atomic E-state index is 4.99. The summed E-state index contributed by atoms with van der Waals surface area (Å²) in [5.74, 6) is 1.09. The van der Waals surface area contributed by atoms with Crippen LogP contribution in [0.4, 0.5) is 0 Å². The van der Waals surface area contributed by atoms with E-state index in [2.05, 4.69) is 10.1 Å². The van der Waals surface area contributed by atoms with E-state index in [-0.39, 0.29) is 0 Å². The van der Waals surface area contributed by atoms with Gasteiger partial charge in [0.1, 0.15) is 0 Å². The predicted octanol–water partition coefficient (Wildman–Crippen LogP) is 1.42. The van der Waals surface area contributed by atoms with E-state index in [0.717, 1.165) is 5.56 Å². The summed E-state index contributed by atoms with van der Waals surface area (Å²) in [7, 11) is 1.57. The van der Waals surface area contributed by atoms with E-state index >= 15 is 0 Å². The van der Waals surface area contributed by atoms with Crippen molar-refractivity contribution in [1.29, 1.82) is 0 Å². The molecule has 0 unspecified atom stereocenters. The molecule has 1 aliphatic heterocycles. The molecule has 0 saturated heterocycles. The van der Waals surface area contributed by atoms with Gasteiger partial charge in [-0.3, -0.25) is 0 Å². The zero-order valence-corrected chi connectivity index (χ0v) is 7.80. The van der Waals surface area contributed by atoms with Crippen LogP contribution in [-0.4, -0.2) is 25.5 Å². The number of hydrogen-bond acceptors (Lipinski definition) is 4. The Morgan fingerprint density at radius 1 is 1.29 bits per heavy atom. The summed E-state index contributed by atoms with van der Waals surface area (Å²) in [5.41, 5.74) is 0.918. The van der Waals surface area contributed by atoms with Crippen LogP contribution in [0.2, 0.25) is 0 Å². The highest BCUT2D eigenvalue weighted by atomic mass is 16.6. The third-order valence-corrected chi connectivity index (χ3v) is 1.84. The number of oxime groups is 1. The molecule has 1 heterocycles. The van der Waals surface area contributed by atoms with Crippen LogP contribution in [0.5, 0.6) is 0 Å². The Hall–Kier alpha value is -1.84. The SMILES string of the molecule is COC1=NC(c2ccccc2)=NOC1. The number of amidine groups is 1. The van der Waals surface area contributed by atoms with Gasteiger partial charge in [0.25, 0.3) is 0 Å². The van der Waals surface area contributed by atoms with Crippen LogP contribution in [0, 0.1) is 0 Å². The van der Waals surface area contributed by atoms with Crippen molar-refractivity contribution in [2.75, 3.05) is 13.7 Å². The molecule has 0 saturated carbocycles. The maximum Gasteiger partial charge on any atom is 0.231 e. The van der Waals surface area contributed by atoms with Gasteiger partial charge < -0.3 is 9.57 Å². The zero-order chi connectivity index (χ0) is 9.80. The van der Waals surface area contributed by atoms with Crippen LogP contribution in [0.25, 0.3) is 0 Å². The number of benzene rings is 1. The molecule has 0 fully saturated rings. The quantitative estimate of drug-likeness (QED) is 0.672. The van der Waals surface area contributed by atoms with Crippen LogP contribution >= 0.6 is 0 Å². The Morgan fingerprint density at radius 3 is 2.79 bits per heavy atom. The number of rotatable bonds is 1. The molecule has 0 bridgehead atoms. The molecule has 1 aromatic rings. The molecule has 4 heteroatoms. The van der Waals surface area contributed by atoms with Gasteiger partial charge >= 0.3 is 0 Å². The monoisotopic (exact) mass is 190 g/mol. The van der Waals surface area contributed by atoms with Gasteiger partial charge in [0.05, 0.1) is 7.11 Å². The molecular weight excluding hydrogens is 180 g/mol. The molecule has 2 rings (SSSR count). The maximum absolute atomic E-state index is 4.99. The summed E-state index contributed by atoms with van der Waals surface area (Å²) in [5, 5.41) is 3.85. The van der Waals surface area contributed by atoms with E-state index in [1.165, 1.54) is 0 Å². The van der Waals surface area contributed by atoms with E-state index < -0.39 is 0 Å². The number of hydrogen-bond donors (Lipinski definition) is 0. The summed E-state index contributed by atoms with van der Waals surface area (Å²) < 4.78 is 4.99. The van der Waals surface area contributed by atoms with Crippen molar-refractivity contribution in [3.05, 3.63) is 35.9 Å². The van der Waals surface area contributed by atoms with Gasteiger partial charge in [0.2, 0.25) is 11.7 Å². The molecule has 0 N–H and O–H groups in total. The second-order valence-corrected chi connectivity index (χ2v) is 2.76. The number of nitrogens with zero attached hydrogens (tertiary/aromatic N) is 2. The summed E-state index contributed by atoms with van der Waals surface area (Å²) >= 11 is 0. The first-order chi connectivity index (χ1) is 6.90. The first-order valence-corrected chi connectivity index (χ1v) is 4.27. The second-order valence-electron chi connectivity index (χ2n) is 2.76. The molecule has 0 spiro atoms. The van der Waals surface area contributed by atoms with Crippen molar-refractivity contribution in [3.63, 3.8) is 0 Å². The molecule has 1 aromatic carbocycles. The van der Waals surface area contributed by atoms with Crippen molar-refractivity contribution in [1.82, 2.24) is 0 Å². The van der Waals surface area contributed by atoms with Crippen molar-refractivity contribution in [3.8, 4) is 0 Å². The molecule has 1 aliphatic rings. The first kappa shape index (κ1) is 8.74. The second kappa shape index (κ2) is 3.91. The van der Waals surface area contributed by atoms with Crippen LogP contribution in [0.1, 0.15) is 5.56 Å². The van der Waals surface area contributed by atoms with E-state index in [1.807, 2.05) is 30.3 Å². The average Bonchev–Trinajstić information content (AvgIpc) is 2.30. The van der Waals surface area contributed by atoms with Gasteiger partial charge in [-0.15, -0.1) is 0 Å². The third kappa shape index (κ3) is 1.74. The molecule has 4 nitrogen and oxygen atoms in total. The lowest BCUT2D eigenvalue weighted by atomic mass is 10.2. The summed E-state index contributed by atoms with van der Waals surface area (Å²) in [4.78, 5) is 9.16. The fourth-order valence-electron chi connectivity index (χ4n) is 1.13. The van der Waals surface area contributed by atoms with Crippen LogP contribution in [0.3, 0.4) is 0 Å². The average molecular weight is 190 g/mol. The molecular formula is C10H10N2O2. The fraction of sp³-hybridized carbons (Fsp3) is 0.200. The minimum Gasteiger partial charge on any atom is -0.481 e. The highest BCUT2D eigenvalue weighted by Crippen LogP contribution is 2.06. The standard InChI is InChI=1S/C10H10N2O2/c1-13-9-7-14-12-10(11-9)8-5-3-2-4-6-8/h2-6H,7H2,1H3. The van der Waals surface area contributed by atoms with E-state index in [0.29, 0.717) is 18.3 Å². The summed E-state index contributed by atoms with van der Waals surface area (Å²) in [6.45, 7) is 0.298. The molecule has 0 amide bonds. The zero-order valence-electron chi connectivity index (χ0n) is 7.80. The van der Waals surface area contributed by atoms with E-state index in [9.17, 15) is 0 Å². The topological polar surface area (TPSA) is 43.2 Å². The van der Waals surface area contributed by atoms with Gasteiger partial charge in [-0.05, 0) is 0 Å². The Kier molecular flexibility index (Phi) is 2.44. The largest absolute Gasteiger partial charge is 0.481 e. The van der Waals surface area contributed by atoms with Crippen molar-refractivity contribution in [2.45, 2.75) is 0 Å². The summed E-state index contributed by atoms with van der Waals surface area (Å²) in [6, 6.07) is 9.63. The Balaban J connectivity index is 2.28. The number of aliphatic imine (C=N–C) groups is 1. The third-order valence-electron chi connectivity index (χ3n) is 1.84. The van der Waals surface area contributed by atoms with Gasteiger partial charge in [-0.25, -0.2) is 0 Å².